The fourth-order valence-corrected chi connectivity index (χ4v) is 4.66. The van der Waals surface area contributed by atoms with E-state index in [4.69, 9.17) is 11.6 Å². The third-order valence-electron chi connectivity index (χ3n) is 4.16. The molecule has 21 heavy (non-hydrogen) atoms. The molecule has 0 saturated carbocycles. The van der Waals surface area contributed by atoms with Crippen LogP contribution < -0.4 is 0 Å². The first-order valence-corrected chi connectivity index (χ1v) is 9.75. The molecule has 0 aliphatic carbocycles. The molecule has 5 heteroatoms. The molecule has 0 aromatic heterocycles. The molecule has 1 saturated heterocycles. The fourth-order valence-electron chi connectivity index (χ4n) is 2.84. The summed E-state index contributed by atoms with van der Waals surface area (Å²) >= 11 is 5.96. The summed E-state index contributed by atoms with van der Waals surface area (Å²) in [4.78, 5) is 0.385. The lowest BCUT2D eigenvalue weighted by Crippen LogP contribution is -2.33. The SMILES string of the molecule is CCc1ccc(S(=O)(=O)N2CCCCCCC2)cc1CCl. The summed E-state index contributed by atoms with van der Waals surface area (Å²) in [5, 5.41) is 0. The average molecular weight is 330 g/mol. The number of halogens is 1. The van der Waals surface area contributed by atoms with Crippen molar-refractivity contribution in [2.75, 3.05) is 13.1 Å². The molecule has 3 nitrogen and oxygen atoms in total. The van der Waals surface area contributed by atoms with E-state index in [1.807, 2.05) is 6.07 Å². The van der Waals surface area contributed by atoms with Crippen LogP contribution in [-0.2, 0) is 22.3 Å². The highest BCUT2D eigenvalue weighted by Crippen LogP contribution is 2.23. The largest absolute Gasteiger partial charge is 0.243 e. The minimum Gasteiger partial charge on any atom is -0.207 e. The van der Waals surface area contributed by atoms with E-state index >= 15 is 0 Å². The van der Waals surface area contributed by atoms with E-state index in [-0.39, 0.29) is 0 Å². The number of hydrogen-bond donors (Lipinski definition) is 0. The van der Waals surface area contributed by atoms with Gasteiger partial charge in [0.1, 0.15) is 0 Å². The maximum atomic E-state index is 12.8. The Morgan fingerprint density at radius 3 is 2.24 bits per heavy atom. The monoisotopic (exact) mass is 329 g/mol. The zero-order chi connectivity index (χ0) is 15.3. The zero-order valence-electron chi connectivity index (χ0n) is 12.6. The van der Waals surface area contributed by atoms with E-state index in [1.165, 1.54) is 6.42 Å². The first kappa shape index (κ1) is 16.8. The molecule has 1 heterocycles. The highest BCUT2D eigenvalue weighted by Gasteiger charge is 2.25. The number of nitrogens with zero attached hydrogens (tertiary/aromatic N) is 1. The van der Waals surface area contributed by atoms with E-state index in [1.54, 1.807) is 16.4 Å². The topological polar surface area (TPSA) is 37.4 Å². The first-order valence-electron chi connectivity index (χ1n) is 7.77. The lowest BCUT2D eigenvalue weighted by molar-refractivity contribution is 0.364. The minimum absolute atomic E-state index is 0.354. The maximum absolute atomic E-state index is 12.8. The van der Waals surface area contributed by atoms with Gasteiger partial charge in [0.05, 0.1) is 4.90 Å². The van der Waals surface area contributed by atoms with Crippen molar-refractivity contribution >= 4 is 21.6 Å². The second-order valence-corrected chi connectivity index (χ2v) is 7.79. The Morgan fingerprint density at radius 1 is 1.05 bits per heavy atom. The van der Waals surface area contributed by atoms with Crippen LogP contribution in [-0.4, -0.2) is 25.8 Å². The number of rotatable bonds is 4. The number of alkyl halides is 1. The van der Waals surface area contributed by atoms with Crippen molar-refractivity contribution in [1.82, 2.24) is 4.31 Å². The quantitative estimate of drug-likeness (QED) is 0.784. The van der Waals surface area contributed by atoms with Crippen molar-refractivity contribution in [2.24, 2.45) is 0 Å². The van der Waals surface area contributed by atoms with Crippen LogP contribution in [0.1, 0.15) is 50.2 Å². The van der Waals surface area contributed by atoms with Gasteiger partial charge in [-0.05, 0) is 42.5 Å². The van der Waals surface area contributed by atoms with Gasteiger partial charge in [0.25, 0.3) is 0 Å². The molecule has 0 atom stereocenters. The van der Waals surface area contributed by atoms with Crippen LogP contribution >= 0.6 is 11.6 Å². The summed E-state index contributed by atoms with van der Waals surface area (Å²) in [5.41, 5.74) is 2.05. The van der Waals surface area contributed by atoms with Crippen LogP contribution in [0.3, 0.4) is 0 Å². The normalized spacial score (nSPS) is 18.2. The number of aryl methyl sites for hydroxylation is 1. The van der Waals surface area contributed by atoms with Gasteiger partial charge < -0.3 is 0 Å². The van der Waals surface area contributed by atoms with Gasteiger partial charge in [-0.25, -0.2) is 8.42 Å². The Kier molecular flexibility index (Phi) is 6.08. The van der Waals surface area contributed by atoms with Crippen molar-refractivity contribution in [1.29, 1.82) is 0 Å². The summed E-state index contributed by atoms with van der Waals surface area (Å²) in [6, 6.07) is 5.37. The summed E-state index contributed by atoms with van der Waals surface area (Å²) in [5.74, 6) is 0.354. The lowest BCUT2D eigenvalue weighted by Gasteiger charge is -2.24. The average Bonchev–Trinajstić information content (AvgIpc) is 2.45. The first-order chi connectivity index (χ1) is 10.1. The highest BCUT2D eigenvalue weighted by atomic mass is 35.5. The number of benzene rings is 1. The molecule has 1 fully saturated rings. The van der Waals surface area contributed by atoms with E-state index in [9.17, 15) is 8.42 Å². The fraction of sp³-hybridized carbons (Fsp3) is 0.625. The molecular weight excluding hydrogens is 306 g/mol. The molecule has 0 unspecified atom stereocenters. The minimum atomic E-state index is -3.38. The van der Waals surface area contributed by atoms with Gasteiger partial charge >= 0.3 is 0 Å². The summed E-state index contributed by atoms with van der Waals surface area (Å²) in [6.07, 6.45) is 6.23. The van der Waals surface area contributed by atoms with Crippen molar-refractivity contribution in [3.8, 4) is 0 Å². The molecule has 1 aliphatic rings. The van der Waals surface area contributed by atoms with Crippen LogP contribution in [0.2, 0.25) is 0 Å². The standard InChI is InChI=1S/C16H24ClNO2S/c1-2-14-8-9-16(12-15(14)13-17)21(19,20)18-10-6-4-3-5-7-11-18/h8-9,12H,2-7,10-11,13H2,1H3. The Morgan fingerprint density at radius 2 is 1.67 bits per heavy atom. The molecule has 0 bridgehead atoms. The van der Waals surface area contributed by atoms with E-state index < -0.39 is 10.0 Å². The molecule has 0 radical (unpaired) electrons. The van der Waals surface area contributed by atoms with Gasteiger partial charge in [-0.2, -0.15) is 4.31 Å². The third-order valence-corrected chi connectivity index (χ3v) is 6.34. The van der Waals surface area contributed by atoms with Gasteiger partial charge in [0, 0.05) is 19.0 Å². The van der Waals surface area contributed by atoms with Crippen LogP contribution in [0, 0.1) is 0 Å². The summed E-state index contributed by atoms with van der Waals surface area (Å²) in [6.45, 7) is 3.32. The second-order valence-electron chi connectivity index (χ2n) is 5.59. The molecule has 0 amide bonds. The van der Waals surface area contributed by atoms with E-state index in [0.29, 0.717) is 23.9 Å². The Labute approximate surface area is 133 Å². The summed E-state index contributed by atoms with van der Waals surface area (Å²) in [7, 11) is -3.38. The predicted molar refractivity (Wildman–Crippen MR) is 87.2 cm³/mol. The molecule has 0 spiro atoms. The summed E-state index contributed by atoms with van der Waals surface area (Å²) < 4.78 is 27.2. The van der Waals surface area contributed by atoms with Gasteiger partial charge in [-0.1, -0.05) is 32.3 Å². The van der Waals surface area contributed by atoms with Crippen LogP contribution in [0.4, 0.5) is 0 Å². The van der Waals surface area contributed by atoms with Crippen molar-refractivity contribution in [3.63, 3.8) is 0 Å². The van der Waals surface area contributed by atoms with Gasteiger partial charge in [-0.3, -0.25) is 0 Å². The Balaban J connectivity index is 2.29. The van der Waals surface area contributed by atoms with E-state index in [0.717, 1.165) is 43.2 Å². The van der Waals surface area contributed by atoms with Crippen molar-refractivity contribution in [3.05, 3.63) is 29.3 Å². The van der Waals surface area contributed by atoms with Crippen molar-refractivity contribution < 1.29 is 8.42 Å². The van der Waals surface area contributed by atoms with Crippen molar-refractivity contribution in [2.45, 2.75) is 56.2 Å². The van der Waals surface area contributed by atoms with Crippen LogP contribution in [0.25, 0.3) is 0 Å². The van der Waals surface area contributed by atoms with Gasteiger partial charge in [-0.15, -0.1) is 11.6 Å². The van der Waals surface area contributed by atoms with Crippen LogP contribution in [0.5, 0.6) is 0 Å². The predicted octanol–water partition coefficient (Wildman–Crippen LogP) is 3.94. The zero-order valence-corrected chi connectivity index (χ0v) is 14.2. The smallest absolute Gasteiger partial charge is 0.207 e. The number of sulfonamides is 1. The number of hydrogen-bond acceptors (Lipinski definition) is 2. The Hall–Kier alpha value is -0.580. The molecule has 118 valence electrons. The molecule has 2 rings (SSSR count). The third kappa shape index (κ3) is 3.99. The van der Waals surface area contributed by atoms with E-state index in [2.05, 4.69) is 6.92 Å². The van der Waals surface area contributed by atoms with Crippen LogP contribution in [0.15, 0.2) is 23.1 Å². The van der Waals surface area contributed by atoms with Gasteiger partial charge in [0.15, 0.2) is 0 Å². The molecular formula is C16H24ClNO2S. The Bertz CT molecular complexity index is 564. The second kappa shape index (κ2) is 7.61. The molecule has 1 aliphatic heterocycles. The highest BCUT2D eigenvalue weighted by molar-refractivity contribution is 7.89. The molecule has 1 aromatic carbocycles. The lowest BCUT2D eigenvalue weighted by atomic mass is 10.1. The van der Waals surface area contributed by atoms with Gasteiger partial charge in [0.2, 0.25) is 10.0 Å². The maximum Gasteiger partial charge on any atom is 0.243 e. The molecule has 1 aromatic rings. The molecule has 0 N–H and O–H groups in total.